The number of rotatable bonds is 4. The summed E-state index contributed by atoms with van der Waals surface area (Å²) in [7, 11) is 0. The Labute approximate surface area is 116 Å². The van der Waals surface area contributed by atoms with Gasteiger partial charge in [0.1, 0.15) is 11.5 Å². The van der Waals surface area contributed by atoms with E-state index in [0.29, 0.717) is 18.2 Å². The largest absolute Gasteiger partial charge is 0.378 e. The van der Waals surface area contributed by atoms with Crippen molar-refractivity contribution in [2.45, 2.75) is 37.8 Å². The molecule has 1 aliphatic heterocycles. The van der Waals surface area contributed by atoms with Crippen LogP contribution in [0.15, 0.2) is 18.2 Å². The molecule has 0 aromatic heterocycles. The van der Waals surface area contributed by atoms with E-state index in [1.54, 1.807) is 0 Å². The minimum Gasteiger partial charge on any atom is -0.378 e. The standard InChI is InChI=1S/C14H17FN2O3/c15-10-3-4-12(13(7-10)17(18)19)16-11-5-6-20-14(8-11)9-1-2-9/h3-4,7,9,11,14,16H,1-2,5-6,8H2. The third-order valence-corrected chi connectivity index (χ3v) is 3.98. The Hall–Kier alpha value is -1.69. The van der Waals surface area contributed by atoms with Crippen molar-refractivity contribution >= 4 is 11.4 Å². The summed E-state index contributed by atoms with van der Waals surface area (Å²) in [6.07, 6.45) is 4.37. The second-order valence-electron chi connectivity index (χ2n) is 5.53. The van der Waals surface area contributed by atoms with Crippen molar-refractivity contribution in [2.24, 2.45) is 5.92 Å². The molecule has 1 aromatic rings. The van der Waals surface area contributed by atoms with Gasteiger partial charge in [-0.25, -0.2) is 4.39 Å². The summed E-state index contributed by atoms with van der Waals surface area (Å²) in [4.78, 5) is 10.4. The maximum atomic E-state index is 13.1. The lowest BCUT2D eigenvalue weighted by atomic mass is 9.99. The lowest BCUT2D eigenvalue weighted by molar-refractivity contribution is -0.384. The molecule has 1 aliphatic carbocycles. The van der Waals surface area contributed by atoms with Crippen molar-refractivity contribution in [1.29, 1.82) is 0 Å². The van der Waals surface area contributed by atoms with Crippen LogP contribution in [0.4, 0.5) is 15.8 Å². The zero-order valence-electron chi connectivity index (χ0n) is 11.0. The fourth-order valence-corrected chi connectivity index (χ4v) is 2.75. The average Bonchev–Trinajstić information content (AvgIpc) is 3.25. The Morgan fingerprint density at radius 3 is 2.85 bits per heavy atom. The SMILES string of the molecule is O=[N+]([O-])c1cc(F)ccc1NC1CCOC(C2CC2)C1. The van der Waals surface area contributed by atoms with Crippen molar-refractivity contribution in [2.75, 3.05) is 11.9 Å². The summed E-state index contributed by atoms with van der Waals surface area (Å²) >= 11 is 0. The zero-order chi connectivity index (χ0) is 14.1. The van der Waals surface area contributed by atoms with Crippen molar-refractivity contribution in [3.8, 4) is 0 Å². The molecule has 2 atom stereocenters. The number of nitrogens with one attached hydrogen (secondary N) is 1. The van der Waals surface area contributed by atoms with Crippen LogP contribution in [0.3, 0.4) is 0 Å². The maximum Gasteiger partial charge on any atom is 0.295 e. The van der Waals surface area contributed by atoms with Gasteiger partial charge in [-0.3, -0.25) is 10.1 Å². The van der Waals surface area contributed by atoms with E-state index >= 15 is 0 Å². The molecule has 0 amide bonds. The Kier molecular flexibility index (Phi) is 3.56. The van der Waals surface area contributed by atoms with Gasteiger partial charge in [0.05, 0.1) is 17.1 Å². The highest BCUT2D eigenvalue weighted by Crippen LogP contribution is 2.39. The minimum atomic E-state index is -0.593. The molecule has 1 N–H and O–H groups in total. The molecule has 5 nitrogen and oxygen atoms in total. The van der Waals surface area contributed by atoms with Gasteiger partial charge in [-0.2, -0.15) is 0 Å². The maximum absolute atomic E-state index is 13.1. The van der Waals surface area contributed by atoms with Gasteiger partial charge in [-0.15, -0.1) is 0 Å². The Bertz CT molecular complexity index is 519. The first-order chi connectivity index (χ1) is 9.63. The summed E-state index contributed by atoms with van der Waals surface area (Å²) in [5.41, 5.74) is 0.178. The van der Waals surface area contributed by atoms with Crippen LogP contribution in [0.2, 0.25) is 0 Å². The molecule has 6 heteroatoms. The second kappa shape index (κ2) is 5.36. The van der Waals surface area contributed by atoms with Gasteiger partial charge < -0.3 is 10.1 Å². The number of benzene rings is 1. The average molecular weight is 280 g/mol. The Balaban J connectivity index is 1.71. The molecular formula is C14H17FN2O3. The molecule has 2 fully saturated rings. The molecular weight excluding hydrogens is 263 g/mol. The normalized spacial score (nSPS) is 26.2. The van der Waals surface area contributed by atoms with Gasteiger partial charge in [0, 0.05) is 12.6 Å². The summed E-state index contributed by atoms with van der Waals surface area (Å²) in [5, 5.41) is 14.2. The highest BCUT2D eigenvalue weighted by atomic mass is 19.1. The highest BCUT2D eigenvalue weighted by Gasteiger charge is 2.36. The van der Waals surface area contributed by atoms with Crippen LogP contribution in [0, 0.1) is 21.8 Å². The van der Waals surface area contributed by atoms with Crippen LogP contribution in [-0.4, -0.2) is 23.7 Å². The molecule has 0 radical (unpaired) electrons. The number of nitro benzene ring substituents is 1. The lowest BCUT2D eigenvalue weighted by Gasteiger charge is -2.30. The molecule has 20 heavy (non-hydrogen) atoms. The molecule has 0 bridgehead atoms. The first-order valence-electron chi connectivity index (χ1n) is 6.95. The third kappa shape index (κ3) is 2.90. The van der Waals surface area contributed by atoms with Gasteiger partial charge in [-0.05, 0) is 43.7 Å². The van der Waals surface area contributed by atoms with Crippen molar-refractivity contribution in [1.82, 2.24) is 0 Å². The number of anilines is 1. The summed E-state index contributed by atoms with van der Waals surface area (Å²) in [5.74, 6) is 0.0629. The van der Waals surface area contributed by atoms with Crippen LogP contribution < -0.4 is 5.32 Å². The van der Waals surface area contributed by atoms with Crippen LogP contribution in [-0.2, 0) is 4.74 Å². The van der Waals surface area contributed by atoms with Gasteiger partial charge in [0.15, 0.2) is 0 Å². The third-order valence-electron chi connectivity index (χ3n) is 3.98. The topological polar surface area (TPSA) is 64.4 Å². The van der Waals surface area contributed by atoms with E-state index in [0.717, 1.165) is 18.9 Å². The molecule has 1 heterocycles. The molecule has 2 unspecified atom stereocenters. The molecule has 0 spiro atoms. The molecule has 1 saturated carbocycles. The van der Waals surface area contributed by atoms with E-state index in [-0.39, 0.29) is 17.8 Å². The van der Waals surface area contributed by atoms with Crippen LogP contribution in [0.5, 0.6) is 0 Å². The van der Waals surface area contributed by atoms with E-state index in [1.807, 2.05) is 0 Å². The van der Waals surface area contributed by atoms with Crippen LogP contribution in [0.25, 0.3) is 0 Å². The van der Waals surface area contributed by atoms with E-state index in [2.05, 4.69) is 5.32 Å². The molecule has 3 rings (SSSR count). The number of nitro groups is 1. The van der Waals surface area contributed by atoms with Gasteiger partial charge in [-0.1, -0.05) is 0 Å². The quantitative estimate of drug-likeness (QED) is 0.680. The predicted molar refractivity (Wildman–Crippen MR) is 72.2 cm³/mol. The van der Waals surface area contributed by atoms with Crippen LogP contribution in [0.1, 0.15) is 25.7 Å². The molecule has 108 valence electrons. The number of hydrogen-bond donors (Lipinski definition) is 1. The highest BCUT2D eigenvalue weighted by molar-refractivity contribution is 5.61. The van der Waals surface area contributed by atoms with Crippen molar-refractivity contribution in [3.05, 3.63) is 34.1 Å². The minimum absolute atomic E-state index is 0.151. The predicted octanol–water partition coefficient (Wildman–Crippen LogP) is 3.10. The molecule has 2 aliphatic rings. The van der Waals surface area contributed by atoms with Gasteiger partial charge in [0.25, 0.3) is 5.69 Å². The van der Waals surface area contributed by atoms with Crippen molar-refractivity contribution < 1.29 is 14.1 Å². The molecule has 1 aromatic carbocycles. The van der Waals surface area contributed by atoms with E-state index < -0.39 is 10.7 Å². The van der Waals surface area contributed by atoms with Gasteiger partial charge in [0.2, 0.25) is 0 Å². The fraction of sp³-hybridized carbons (Fsp3) is 0.571. The smallest absolute Gasteiger partial charge is 0.295 e. The number of halogens is 1. The first-order valence-corrected chi connectivity index (χ1v) is 6.95. The summed E-state index contributed by atoms with van der Waals surface area (Å²) in [6.45, 7) is 0.674. The number of ether oxygens (including phenoxy) is 1. The Morgan fingerprint density at radius 1 is 1.35 bits per heavy atom. The van der Waals surface area contributed by atoms with Crippen molar-refractivity contribution in [3.63, 3.8) is 0 Å². The number of hydrogen-bond acceptors (Lipinski definition) is 4. The second-order valence-corrected chi connectivity index (χ2v) is 5.53. The van der Waals surface area contributed by atoms with E-state index in [1.165, 1.54) is 25.0 Å². The zero-order valence-corrected chi connectivity index (χ0v) is 11.0. The molecule has 1 saturated heterocycles. The lowest BCUT2D eigenvalue weighted by Crippen LogP contribution is -2.35. The van der Waals surface area contributed by atoms with E-state index in [4.69, 9.17) is 4.74 Å². The monoisotopic (exact) mass is 280 g/mol. The van der Waals surface area contributed by atoms with E-state index in [9.17, 15) is 14.5 Å². The number of nitrogens with zero attached hydrogens (tertiary/aromatic N) is 1. The Morgan fingerprint density at radius 2 is 2.15 bits per heavy atom. The first kappa shape index (κ1) is 13.3. The summed E-state index contributed by atoms with van der Waals surface area (Å²) < 4.78 is 18.8. The van der Waals surface area contributed by atoms with Crippen LogP contribution >= 0.6 is 0 Å². The fourth-order valence-electron chi connectivity index (χ4n) is 2.75. The summed E-state index contributed by atoms with van der Waals surface area (Å²) in [6, 6.07) is 3.79. The van der Waals surface area contributed by atoms with Gasteiger partial charge >= 0.3 is 0 Å².